The van der Waals surface area contributed by atoms with Gasteiger partial charge in [-0.05, 0) is 24.6 Å². The molecule has 0 fully saturated rings. The van der Waals surface area contributed by atoms with Crippen molar-refractivity contribution in [3.05, 3.63) is 51.8 Å². The molecule has 1 aromatic heterocycles. The van der Waals surface area contributed by atoms with Crippen LogP contribution in [0.25, 0.3) is 0 Å². The first kappa shape index (κ1) is 14.7. The summed E-state index contributed by atoms with van der Waals surface area (Å²) < 4.78 is 6.33. The van der Waals surface area contributed by atoms with Gasteiger partial charge in [0.15, 0.2) is 5.69 Å². The summed E-state index contributed by atoms with van der Waals surface area (Å²) in [7, 11) is 1.51. The molecule has 0 aliphatic carbocycles. The van der Waals surface area contributed by atoms with Crippen LogP contribution in [0.4, 0.5) is 11.4 Å². The molecule has 0 unspecified atom stereocenters. The van der Waals surface area contributed by atoms with E-state index >= 15 is 0 Å². The number of nitro groups is 1. The van der Waals surface area contributed by atoms with Gasteiger partial charge in [-0.3, -0.25) is 14.9 Å². The highest BCUT2D eigenvalue weighted by molar-refractivity contribution is 6.04. The SMILES string of the molecule is COCn1ccc(C(=O)Nc2ccc(C)cc2[N+](=O)[O-])n1. The van der Waals surface area contributed by atoms with Gasteiger partial charge in [0.05, 0.1) is 4.92 Å². The number of methoxy groups -OCH3 is 1. The van der Waals surface area contributed by atoms with Gasteiger partial charge in [-0.25, -0.2) is 4.68 Å². The van der Waals surface area contributed by atoms with Gasteiger partial charge in [0.2, 0.25) is 0 Å². The summed E-state index contributed by atoms with van der Waals surface area (Å²) in [5.41, 5.74) is 0.877. The lowest BCUT2D eigenvalue weighted by atomic mass is 10.2. The van der Waals surface area contributed by atoms with Gasteiger partial charge >= 0.3 is 0 Å². The fourth-order valence-electron chi connectivity index (χ4n) is 1.77. The molecule has 0 aliphatic rings. The Morgan fingerprint density at radius 1 is 1.48 bits per heavy atom. The number of ether oxygens (including phenoxy) is 1. The lowest BCUT2D eigenvalue weighted by Gasteiger charge is -2.05. The second-order valence-corrected chi connectivity index (χ2v) is 4.39. The number of aryl methyl sites for hydroxylation is 1. The van der Waals surface area contributed by atoms with Crippen LogP contribution in [0.5, 0.6) is 0 Å². The number of carbonyl (C=O) groups excluding carboxylic acids is 1. The summed E-state index contributed by atoms with van der Waals surface area (Å²) in [6, 6.07) is 6.09. The lowest BCUT2D eigenvalue weighted by molar-refractivity contribution is -0.384. The van der Waals surface area contributed by atoms with Gasteiger partial charge in [0.1, 0.15) is 12.4 Å². The van der Waals surface area contributed by atoms with E-state index in [0.717, 1.165) is 5.56 Å². The number of carbonyl (C=O) groups is 1. The van der Waals surface area contributed by atoms with Gasteiger partial charge < -0.3 is 10.1 Å². The Hall–Kier alpha value is -2.74. The van der Waals surface area contributed by atoms with Crippen molar-refractivity contribution in [1.29, 1.82) is 0 Å². The van der Waals surface area contributed by atoms with E-state index in [1.165, 1.54) is 30.0 Å². The highest BCUT2D eigenvalue weighted by atomic mass is 16.6. The van der Waals surface area contributed by atoms with Gasteiger partial charge in [-0.15, -0.1) is 0 Å². The molecule has 8 nitrogen and oxygen atoms in total. The van der Waals surface area contributed by atoms with E-state index in [1.807, 2.05) is 0 Å². The third-order valence-electron chi connectivity index (χ3n) is 2.73. The number of amides is 1. The third-order valence-corrected chi connectivity index (χ3v) is 2.73. The van der Waals surface area contributed by atoms with Crippen molar-refractivity contribution in [3.8, 4) is 0 Å². The number of hydrogen-bond donors (Lipinski definition) is 1. The van der Waals surface area contributed by atoms with E-state index in [9.17, 15) is 14.9 Å². The summed E-state index contributed by atoms with van der Waals surface area (Å²) in [5, 5.41) is 17.5. The number of nitrogens with one attached hydrogen (secondary N) is 1. The quantitative estimate of drug-likeness (QED) is 0.670. The highest BCUT2D eigenvalue weighted by Crippen LogP contribution is 2.25. The Kier molecular flexibility index (Phi) is 4.29. The Labute approximate surface area is 120 Å². The van der Waals surface area contributed by atoms with Gasteiger partial charge in [-0.2, -0.15) is 5.10 Å². The van der Waals surface area contributed by atoms with Crippen LogP contribution < -0.4 is 5.32 Å². The minimum Gasteiger partial charge on any atom is -0.362 e. The molecule has 0 radical (unpaired) electrons. The summed E-state index contributed by atoms with van der Waals surface area (Å²) in [6.07, 6.45) is 1.59. The van der Waals surface area contributed by atoms with Crippen LogP contribution in [-0.4, -0.2) is 27.7 Å². The lowest BCUT2D eigenvalue weighted by Crippen LogP contribution is -2.14. The van der Waals surface area contributed by atoms with Crippen molar-refractivity contribution in [3.63, 3.8) is 0 Å². The molecule has 8 heteroatoms. The summed E-state index contributed by atoms with van der Waals surface area (Å²) >= 11 is 0. The van der Waals surface area contributed by atoms with Crippen LogP contribution in [0, 0.1) is 17.0 Å². The maximum Gasteiger partial charge on any atom is 0.293 e. The average molecular weight is 290 g/mol. The van der Waals surface area contributed by atoms with Crippen LogP contribution in [-0.2, 0) is 11.5 Å². The zero-order valence-electron chi connectivity index (χ0n) is 11.6. The molecule has 1 heterocycles. The van der Waals surface area contributed by atoms with E-state index in [2.05, 4.69) is 10.4 Å². The number of rotatable bonds is 5. The van der Waals surface area contributed by atoms with E-state index in [4.69, 9.17) is 4.74 Å². The molecule has 2 aromatic rings. The van der Waals surface area contributed by atoms with Gasteiger partial charge in [-0.1, -0.05) is 6.07 Å². The number of aromatic nitrogens is 2. The minimum absolute atomic E-state index is 0.136. The van der Waals surface area contributed by atoms with Crippen molar-refractivity contribution in [1.82, 2.24) is 9.78 Å². The Morgan fingerprint density at radius 3 is 2.90 bits per heavy atom. The standard InChI is InChI=1S/C13H14N4O4/c1-9-3-4-10(12(7-9)17(19)20)14-13(18)11-5-6-16(15-11)8-21-2/h3-7H,8H2,1-2H3,(H,14,18). The second-order valence-electron chi connectivity index (χ2n) is 4.39. The van der Waals surface area contributed by atoms with E-state index < -0.39 is 10.8 Å². The maximum absolute atomic E-state index is 12.0. The highest BCUT2D eigenvalue weighted by Gasteiger charge is 2.18. The molecule has 0 atom stereocenters. The fraction of sp³-hybridized carbons (Fsp3) is 0.231. The van der Waals surface area contributed by atoms with E-state index in [0.29, 0.717) is 0 Å². The van der Waals surface area contributed by atoms with Crippen LogP contribution in [0.3, 0.4) is 0 Å². The average Bonchev–Trinajstić information content (AvgIpc) is 2.89. The van der Waals surface area contributed by atoms with Crippen molar-refractivity contribution in [2.75, 3.05) is 12.4 Å². The molecule has 1 aromatic carbocycles. The second kappa shape index (κ2) is 6.14. The van der Waals surface area contributed by atoms with Crippen molar-refractivity contribution in [2.24, 2.45) is 0 Å². The fourth-order valence-corrected chi connectivity index (χ4v) is 1.77. The molecule has 1 N–H and O–H groups in total. The number of nitro benzene ring substituents is 1. The van der Waals surface area contributed by atoms with E-state index in [-0.39, 0.29) is 23.8 Å². The molecule has 0 bridgehead atoms. The topological polar surface area (TPSA) is 99.3 Å². The molecule has 0 aliphatic heterocycles. The molecule has 1 amide bonds. The molecular formula is C13H14N4O4. The Balaban J connectivity index is 2.20. The van der Waals surface area contributed by atoms with Crippen LogP contribution in [0.2, 0.25) is 0 Å². The van der Waals surface area contributed by atoms with Crippen LogP contribution in [0.1, 0.15) is 16.1 Å². The molecule has 21 heavy (non-hydrogen) atoms. The largest absolute Gasteiger partial charge is 0.362 e. The van der Waals surface area contributed by atoms with E-state index in [1.54, 1.807) is 19.2 Å². The molecular weight excluding hydrogens is 276 g/mol. The number of hydrogen-bond acceptors (Lipinski definition) is 5. The monoisotopic (exact) mass is 290 g/mol. The number of benzene rings is 1. The summed E-state index contributed by atoms with van der Waals surface area (Å²) in [6.45, 7) is 1.96. The van der Waals surface area contributed by atoms with Crippen LogP contribution >= 0.6 is 0 Å². The van der Waals surface area contributed by atoms with Crippen LogP contribution in [0.15, 0.2) is 30.5 Å². The number of anilines is 1. The van der Waals surface area contributed by atoms with Gasteiger partial charge in [0, 0.05) is 19.4 Å². The minimum atomic E-state index is -0.536. The van der Waals surface area contributed by atoms with Gasteiger partial charge in [0.25, 0.3) is 11.6 Å². The molecule has 2 rings (SSSR count). The predicted molar refractivity (Wildman–Crippen MR) is 75.0 cm³/mol. The Bertz CT molecular complexity index is 681. The third kappa shape index (κ3) is 3.42. The molecule has 0 saturated heterocycles. The first-order valence-electron chi connectivity index (χ1n) is 6.10. The zero-order chi connectivity index (χ0) is 15.4. The number of nitrogens with zero attached hydrogens (tertiary/aromatic N) is 3. The summed E-state index contributed by atoms with van der Waals surface area (Å²) in [4.78, 5) is 22.5. The normalized spacial score (nSPS) is 10.4. The van der Waals surface area contributed by atoms with Crippen molar-refractivity contribution in [2.45, 2.75) is 13.7 Å². The first-order chi connectivity index (χ1) is 10.0. The van der Waals surface area contributed by atoms with Crippen molar-refractivity contribution >= 4 is 17.3 Å². The Morgan fingerprint density at radius 2 is 2.24 bits per heavy atom. The first-order valence-corrected chi connectivity index (χ1v) is 6.10. The van der Waals surface area contributed by atoms with Crippen molar-refractivity contribution < 1.29 is 14.5 Å². The molecule has 110 valence electrons. The molecule has 0 saturated carbocycles. The predicted octanol–water partition coefficient (Wildman–Crippen LogP) is 1.96. The smallest absolute Gasteiger partial charge is 0.293 e. The zero-order valence-corrected chi connectivity index (χ0v) is 11.6. The maximum atomic E-state index is 12.0. The molecule has 0 spiro atoms. The summed E-state index contributed by atoms with van der Waals surface area (Å²) in [5.74, 6) is -0.517.